The number of thiocarbonyl (C=S) groups is 1. The number of rotatable bonds is 4. The van der Waals surface area contributed by atoms with Crippen LogP contribution in [-0.2, 0) is 15.6 Å². The second-order valence-corrected chi connectivity index (χ2v) is 7.19. The van der Waals surface area contributed by atoms with E-state index in [0.717, 1.165) is 11.3 Å². The second kappa shape index (κ2) is 6.24. The zero-order chi connectivity index (χ0) is 15.5. The second-order valence-electron chi connectivity index (χ2n) is 4.76. The smallest absolute Gasteiger partial charge is 0.182 e. The van der Waals surface area contributed by atoms with E-state index in [4.69, 9.17) is 18.0 Å². The number of aryl methyl sites for hydroxylation is 1. The Balaban J connectivity index is 2.16. The lowest BCUT2D eigenvalue weighted by atomic mass is 10.2. The van der Waals surface area contributed by atoms with Crippen molar-refractivity contribution >= 4 is 32.9 Å². The molecule has 21 heavy (non-hydrogen) atoms. The third kappa shape index (κ3) is 4.27. The van der Waals surface area contributed by atoms with Gasteiger partial charge >= 0.3 is 0 Å². The fraction of sp³-hybridized carbons (Fsp3) is 0.133. The van der Waals surface area contributed by atoms with E-state index in [9.17, 15) is 8.42 Å². The van der Waals surface area contributed by atoms with Gasteiger partial charge in [0.25, 0.3) is 0 Å². The molecule has 0 aliphatic carbocycles. The van der Waals surface area contributed by atoms with Gasteiger partial charge in [0.1, 0.15) is 0 Å². The van der Waals surface area contributed by atoms with Crippen LogP contribution < -0.4 is 11.1 Å². The van der Waals surface area contributed by atoms with Gasteiger partial charge in [-0.2, -0.15) is 0 Å². The number of hydrogen-bond acceptors (Lipinski definition) is 3. The van der Waals surface area contributed by atoms with Crippen molar-refractivity contribution in [1.82, 2.24) is 0 Å². The Kier molecular flexibility index (Phi) is 4.59. The number of anilines is 1. The molecule has 6 heteroatoms. The quantitative estimate of drug-likeness (QED) is 0.847. The first-order valence-corrected chi connectivity index (χ1v) is 8.38. The molecule has 2 aromatic carbocycles. The van der Waals surface area contributed by atoms with Crippen LogP contribution in [0.2, 0.25) is 0 Å². The molecule has 0 heterocycles. The van der Waals surface area contributed by atoms with Crippen molar-refractivity contribution in [3.8, 4) is 0 Å². The standard InChI is InChI=1S/C15H16N2O2S2/c1-11-2-8-14(9-3-11)21(18,19)10-12-4-6-13(7-5-12)17-15(16)20/h2-9H,10H2,1H3,(H3,16,17,20). The highest BCUT2D eigenvalue weighted by molar-refractivity contribution is 7.90. The molecule has 0 aliphatic heterocycles. The maximum atomic E-state index is 12.3. The Labute approximate surface area is 129 Å². The van der Waals surface area contributed by atoms with Gasteiger partial charge in [0.05, 0.1) is 10.6 Å². The molecule has 4 nitrogen and oxygen atoms in total. The fourth-order valence-electron chi connectivity index (χ4n) is 1.87. The van der Waals surface area contributed by atoms with Crippen LogP contribution >= 0.6 is 12.2 Å². The molecule has 3 N–H and O–H groups in total. The lowest BCUT2D eigenvalue weighted by Crippen LogP contribution is -2.18. The van der Waals surface area contributed by atoms with Crippen LogP contribution in [0.15, 0.2) is 53.4 Å². The monoisotopic (exact) mass is 320 g/mol. The van der Waals surface area contributed by atoms with E-state index < -0.39 is 9.84 Å². The van der Waals surface area contributed by atoms with Crippen LogP contribution in [0.4, 0.5) is 5.69 Å². The molecule has 2 aromatic rings. The normalized spacial score (nSPS) is 11.1. The van der Waals surface area contributed by atoms with Gasteiger partial charge in [-0.3, -0.25) is 0 Å². The Bertz CT molecular complexity index is 736. The molecule has 0 bridgehead atoms. The van der Waals surface area contributed by atoms with Gasteiger partial charge < -0.3 is 11.1 Å². The molecule has 0 saturated heterocycles. The lowest BCUT2D eigenvalue weighted by molar-refractivity contribution is 0.595. The van der Waals surface area contributed by atoms with Crippen molar-refractivity contribution in [2.75, 3.05) is 5.32 Å². The van der Waals surface area contributed by atoms with Crippen LogP contribution in [0.25, 0.3) is 0 Å². The number of benzene rings is 2. The predicted octanol–water partition coefficient (Wildman–Crippen LogP) is 2.62. The van der Waals surface area contributed by atoms with Crippen molar-refractivity contribution in [3.05, 3.63) is 59.7 Å². The SMILES string of the molecule is Cc1ccc(S(=O)(=O)Cc2ccc(NC(N)=S)cc2)cc1. The molecule has 2 rings (SSSR count). The molecule has 0 unspecified atom stereocenters. The van der Waals surface area contributed by atoms with Crippen molar-refractivity contribution in [2.24, 2.45) is 5.73 Å². The predicted molar refractivity (Wildman–Crippen MR) is 88.9 cm³/mol. The molecule has 0 aromatic heterocycles. The number of nitrogens with two attached hydrogens (primary N) is 1. The van der Waals surface area contributed by atoms with Crippen molar-refractivity contribution in [3.63, 3.8) is 0 Å². The summed E-state index contributed by atoms with van der Waals surface area (Å²) in [7, 11) is -3.34. The summed E-state index contributed by atoms with van der Waals surface area (Å²) in [6.45, 7) is 1.92. The molecule has 0 spiro atoms. The largest absolute Gasteiger partial charge is 0.376 e. The van der Waals surface area contributed by atoms with E-state index in [-0.39, 0.29) is 10.9 Å². The molecule has 110 valence electrons. The molecule has 0 saturated carbocycles. The first-order valence-electron chi connectivity index (χ1n) is 6.32. The summed E-state index contributed by atoms with van der Waals surface area (Å²) in [5, 5.41) is 2.97. The van der Waals surface area contributed by atoms with Gasteiger partial charge in [0, 0.05) is 5.69 Å². The lowest BCUT2D eigenvalue weighted by Gasteiger charge is -2.07. The molecule has 0 radical (unpaired) electrons. The summed E-state index contributed by atoms with van der Waals surface area (Å²) >= 11 is 4.74. The molecular formula is C15H16N2O2S2. The van der Waals surface area contributed by atoms with Gasteiger partial charge in [-0.1, -0.05) is 29.8 Å². The maximum absolute atomic E-state index is 12.3. The molecular weight excluding hydrogens is 304 g/mol. The molecule has 0 aliphatic rings. The fourth-order valence-corrected chi connectivity index (χ4v) is 3.34. The van der Waals surface area contributed by atoms with Gasteiger partial charge in [-0.25, -0.2) is 8.42 Å². The van der Waals surface area contributed by atoms with Gasteiger partial charge in [-0.15, -0.1) is 0 Å². The Morgan fingerprint density at radius 3 is 2.19 bits per heavy atom. The summed E-state index contributed by atoms with van der Waals surface area (Å²) in [6, 6.07) is 13.8. The van der Waals surface area contributed by atoms with E-state index >= 15 is 0 Å². The zero-order valence-electron chi connectivity index (χ0n) is 11.5. The highest BCUT2D eigenvalue weighted by Gasteiger charge is 2.14. The Morgan fingerprint density at radius 2 is 1.67 bits per heavy atom. The minimum Gasteiger partial charge on any atom is -0.376 e. The minimum absolute atomic E-state index is 0.0383. The molecule has 0 fully saturated rings. The average Bonchev–Trinajstić information content (AvgIpc) is 2.40. The third-order valence-corrected chi connectivity index (χ3v) is 4.76. The van der Waals surface area contributed by atoms with Gasteiger partial charge in [0.2, 0.25) is 0 Å². The van der Waals surface area contributed by atoms with Crippen LogP contribution in [0.3, 0.4) is 0 Å². The van der Waals surface area contributed by atoms with Crippen LogP contribution in [-0.4, -0.2) is 13.5 Å². The topological polar surface area (TPSA) is 72.2 Å². The summed E-state index contributed by atoms with van der Waals surface area (Å²) in [5.74, 6) is -0.0383. The average molecular weight is 320 g/mol. The number of sulfone groups is 1. The van der Waals surface area contributed by atoms with Crippen LogP contribution in [0, 0.1) is 6.92 Å². The summed E-state index contributed by atoms with van der Waals surface area (Å²) in [4.78, 5) is 0.332. The summed E-state index contributed by atoms with van der Waals surface area (Å²) in [6.07, 6.45) is 0. The van der Waals surface area contributed by atoms with E-state index in [1.54, 1.807) is 48.5 Å². The first-order chi connectivity index (χ1) is 9.87. The van der Waals surface area contributed by atoms with Gasteiger partial charge in [0.15, 0.2) is 14.9 Å². The van der Waals surface area contributed by atoms with E-state index in [1.165, 1.54) is 0 Å². The number of nitrogens with one attached hydrogen (secondary N) is 1. The highest BCUT2D eigenvalue weighted by atomic mass is 32.2. The van der Waals surface area contributed by atoms with Crippen LogP contribution in [0.5, 0.6) is 0 Å². The van der Waals surface area contributed by atoms with Crippen LogP contribution in [0.1, 0.15) is 11.1 Å². The Morgan fingerprint density at radius 1 is 1.10 bits per heavy atom. The molecule has 0 atom stereocenters. The van der Waals surface area contributed by atoms with E-state index in [2.05, 4.69) is 5.32 Å². The van der Waals surface area contributed by atoms with Crippen molar-refractivity contribution in [1.29, 1.82) is 0 Å². The van der Waals surface area contributed by atoms with Gasteiger partial charge in [-0.05, 0) is 49.0 Å². The van der Waals surface area contributed by atoms with Crippen molar-refractivity contribution in [2.45, 2.75) is 17.6 Å². The van der Waals surface area contributed by atoms with Crippen molar-refractivity contribution < 1.29 is 8.42 Å². The summed E-state index contributed by atoms with van der Waals surface area (Å²) < 4.78 is 24.6. The highest BCUT2D eigenvalue weighted by Crippen LogP contribution is 2.18. The maximum Gasteiger partial charge on any atom is 0.182 e. The minimum atomic E-state index is -3.34. The summed E-state index contributed by atoms with van der Waals surface area (Å²) in [5.41, 5.74) is 7.85. The Hall–Kier alpha value is -1.92. The number of hydrogen-bond donors (Lipinski definition) is 2. The van der Waals surface area contributed by atoms with E-state index in [0.29, 0.717) is 10.5 Å². The first kappa shape index (κ1) is 15.5. The van der Waals surface area contributed by atoms with E-state index in [1.807, 2.05) is 6.92 Å². The molecule has 0 amide bonds. The zero-order valence-corrected chi connectivity index (χ0v) is 13.2. The third-order valence-electron chi connectivity index (χ3n) is 2.96.